The van der Waals surface area contributed by atoms with Gasteiger partial charge in [-0.15, -0.1) is 0 Å². The van der Waals surface area contributed by atoms with Gasteiger partial charge in [-0.1, -0.05) is 13.8 Å². The molecule has 0 spiro atoms. The lowest BCUT2D eigenvalue weighted by molar-refractivity contribution is 0.418. The molecular weight excluding hydrogens is 288 g/mol. The second-order valence-electron chi connectivity index (χ2n) is 5.08. The molecule has 1 N–H and O–H groups in total. The fourth-order valence-electron chi connectivity index (χ4n) is 2.26. The molecule has 0 aromatic carbocycles. The molecule has 122 valence electrons. The van der Waals surface area contributed by atoms with Crippen LogP contribution in [0.3, 0.4) is 0 Å². The molecule has 0 saturated carbocycles. The van der Waals surface area contributed by atoms with E-state index >= 15 is 0 Å². The molecule has 1 rings (SSSR count). The maximum Gasteiger partial charge on any atom is 0.211 e. The summed E-state index contributed by atoms with van der Waals surface area (Å²) < 4.78 is 26.4. The summed E-state index contributed by atoms with van der Waals surface area (Å²) in [4.78, 5) is 0. The van der Waals surface area contributed by atoms with Crippen molar-refractivity contribution in [2.24, 2.45) is 0 Å². The number of nitrogens with one attached hydrogen (secondary N) is 1. The van der Waals surface area contributed by atoms with Crippen molar-refractivity contribution in [1.82, 2.24) is 19.4 Å². The lowest BCUT2D eigenvalue weighted by Gasteiger charge is -2.17. The summed E-state index contributed by atoms with van der Waals surface area (Å²) in [5, 5.41) is 7.87. The summed E-state index contributed by atoms with van der Waals surface area (Å²) in [5.74, 6) is 0. The number of rotatable bonds is 10. The maximum absolute atomic E-state index is 11.5. The van der Waals surface area contributed by atoms with Gasteiger partial charge in [0.05, 0.1) is 17.6 Å². The first kappa shape index (κ1) is 18.1. The van der Waals surface area contributed by atoms with Crippen LogP contribution in [0.4, 0.5) is 0 Å². The molecule has 0 aliphatic rings. The summed E-state index contributed by atoms with van der Waals surface area (Å²) in [6, 6.07) is 2.13. The molecule has 1 heterocycles. The fourth-order valence-corrected chi connectivity index (χ4v) is 3.19. The average Bonchev–Trinajstić information content (AvgIpc) is 2.83. The maximum atomic E-state index is 11.5. The molecule has 0 atom stereocenters. The normalized spacial score (nSPS) is 12.2. The fraction of sp³-hybridized carbons (Fsp3) is 0.786. The standard InChI is InChI=1S/C14H28N4O2S/c1-5-13-11-14(18(7-3)16-13)12-15-9-8-10-17(6-2)21(4,19)20/h11,15H,5-10,12H2,1-4H3. The van der Waals surface area contributed by atoms with Crippen LogP contribution in [-0.2, 0) is 29.5 Å². The zero-order valence-electron chi connectivity index (χ0n) is 13.6. The predicted molar refractivity (Wildman–Crippen MR) is 85.7 cm³/mol. The van der Waals surface area contributed by atoms with Gasteiger partial charge in [-0.05, 0) is 32.4 Å². The molecule has 0 amide bonds. The van der Waals surface area contributed by atoms with Gasteiger partial charge in [-0.25, -0.2) is 12.7 Å². The molecule has 7 heteroatoms. The van der Waals surface area contributed by atoms with E-state index in [4.69, 9.17) is 0 Å². The monoisotopic (exact) mass is 316 g/mol. The highest BCUT2D eigenvalue weighted by Crippen LogP contribution is 2.05. The number of aryl methyl sites for hydroxylation is 2. The summed E-state index contributed by atoms with van der Waals surface area (Å²) >= 11 is 0. The largest absolute Gasteiger partial charge is 0.311 e. The lowest BCUT2D eigenvalue weighted by atomic mass is 10.3. The minimum atomic E-state index is -3.07. The minimum absolute atomic E-state index is 0.529. The Morgan fingerprint density at radius 1 is 1.33 bits per heavy atom. The predicted octanol–water partition coefficient (Wildman–Crippen LogP) is 1.23. The number of hydrogen-bond acceptors (Lipinski definition) is 4. The Hall–Kier alpha value is -0.920. The van der Waals surface area contributed by atoms with Crippen LogP contribution in [0.25, 0.3) is 0 Å². The molecule has 0 radical (unpaired) electrons. The molecule has 0 aliphatic heterocycles. The molecular formula is C14H28N4O2S. The molecule has 1 aromatic rings. The van der Waals surface area contributed by atoms with Crippen molar-refractivity contribution >= 4 is 10.0 Å². The highest BCUT2D eigenvalue weighted by molar-refractivity contribution is 7.88. The summed E-state index contributed by atoms with van der Waals surface area (Å²) in [6.45, 7) is 9.57. The molecule has 0 unspecified atom stereocenters. The van der Waals surface area contributed by atoms with E-state index in [2.05, 4.69) is 30.3 Å². The first-order valence-corrected chi connectivity index (χ1v) is 9.48. The van der Waals surface area contributed by atoms with Crippen molar-refractivity contribution in [3.63, 3.8) is 0 Å². The van der Waals surface area contributed by atoms with Gasteiger partial charge in [-0.2, -0.15) is 5.10 Å². The first-order valence-electron chi connectivity index (χ1n) is 7.63. The van der Waals surface area contributed by atoms with E-state index in [1.54, 1.807) is 0 Å². The van der Waals surface area contributed by atoms with E-state index in [1.807, 2.05) is 11.6 Å². The molecule has 0 aliphatic carbocycles. The van der Waals surface area contributed by atoms with Crippen LogP contribution in [-0.4, -0.2) is 48.4 Å². The number of sulfonamides is 1. The van der Waals surface area contributed by atoms with Crippen LogP contribution in [0.1, 0.15) is 38.6 Å². The number of aromatic nitrogens is 2. The number of nitrogens with zero attached hydrogens (tertiary/aromatic N) is 3. The van der Waals surface area contributed by atoms with Gasteiger partial charge in [0.1, 0.15) is 0 Å². The van der Waals surface area contributed by atoms with Crippen molar-refractivity contribution < 1.29 is 8.42 Å². The highest BCUT2D eigenvalue weighted by Gasteiger charge is 2.13. The second kappa shape index (κ2) is 8.51. The van der Waals surface area contributed by atoms with Gasteiger partial charge in [0, 0.05) is 26.2 Å². The Labute approximate surface area is 128 Å². The molecule has 0 saturated heterocycles. The molecule has 1 aromatic heterocycles. The number of hydrogen-bond donors (Lipinski definition) is 1. The summed E-state index contributed by atoms with van der Waals surface area (Å²) in [5.41, 5.74) is 2.30. The molecule has 6 nitrogen and oxygen atoms in total. The van der Waals surface area contributed by atoms with Crippen LogP contribution < -0.4 is 5.32 Å². The van der Waals surface area contributed by atoms with E-state index in [1.165, 1.54) is 16.3 Å². The van der Waals surface area contributed by atoms with Crippen LogP contribution in [0.2, 0.25) is 0 Å². The van der Waals surface area contributed by atoms with Crippen molar-refractivity contribution in [3.05, 3.63) is 17.5 Å². The third kappa shape index (κ3) is 5.76. The van der Waals surface area contributed by atoms with Gasteiger partial charge < -0.3 is 5.32 Å². The van der Waals surface area contributed by atoms with E-state index in [9.17, 15) is 8.42 Å². The minimum Gasteiger partial charge on any atom is -0.311 e. The third-order valence-electron chi connectivity index (χ3n) is 3.46. The Morgan fingerprint density at radius 2 is 2.05 bits per heavy atom. The van der Waals surface area contributed by atoms with Gasteiger partial charge >= 0.3 is 0 Å². The van der Waals surface area contributed by atoms with Gasteiger partial charge in [0.2, 0.25) is 10.0 Å². The Bertz CT molecular complexity index is 525. The van der Waals surface area contributed by atoms with Crippen molar-refractivity contribution in [2.75, 3.05) is 25.9 Å². The smallest absolute Gasteiger partial charge is 0.211 e. The van der Waals surface area contributed by atoms with Crippen LogP contribution in [0.5, 0.6) is 0 Å². The van der Waals surface area contributed by atoms with E-state index in [-0.39, 0.29) is 0 Å². The van der Waals surface area contributed by atoms with Crippen molar-refractivity contribution in [1.29, 1.82) is 0 Å². The topological polar surface area (TPSA) is 67.2 Å². The molecule has 0 bridgehead atoms. The molecule has 0 fully saturated rings. The first-order chi connectivity index (χ1) is 9.92. The quantitative estimate of drug-likeness (QED) is 0.659. The van der Waals surface area contributed by atoms with E-state index < -0.39 is 10.0 Å². The van der Waals surface area contributed by atoms with Crippen LogP contribution in [0.15, 0.2) is 6.07 Å². The van der Waals surface area contributed by atoms with Gasteiger partial charge in [0.15, 0.2) is 0 Å². The second-order valence-corrected chi connectivity index (χ2v) is 7.06. The zero-order chi connectivity index (χ0) is 15.9. The molecule has 21 heavy (non-hydrogen) atoms. The highest BCUT2D eigenvalue weighted by atomic mass is 32.2. The summed E-state index contributed by atoms with van der Waals surface area (Å²) in [7, 11) is -3.07. The van der Waals surface area contributed by atoms with Crippen molar-refractivity contribution in [2.45, 2.75) is 46.7 Å². The lowest BCUT2D eigenvalue weighted by Crippen LogP contribution is -2.32. The van der Waals surface area contributed by atoms with E-state index in [0.717, 1.165) is 38.2 Å². The third-order valence-corrected chi connectivity index (χ3v) is 4.84. The van der Waals surface area contributed by atoms with Gasteiger partial charge in [-0.3, -0.25) is 4.68 Å². The SMILES string of the molecule is CCc1cc(CNCCCN(CC)S(C)(=O)=O)n(CC)n1. The average molecular weight is 316 g/mol. The van der Waals surface area contributed by atoms with Crippen molar-refractivity contribution in [3.8, 4) is 0 Å². The zero-order valence-corrected chi connectivity index (χ0v) is 14.4. The Balaban J connectivity index is 2.36. The van der Waals surface area contributed by atoms with Crippen LogP contribution in [0, 0.1) is 0 Å². The Morgan fingerprint density at radius 3 is 2.57 bits per heavy atom. The van der Waals surface area contributed by atoms with Crippen LogP contribution >= 0.6 is 0 Å². The summed E-state index contributed by atoms with van der Waals surface area (Å²) in [6.07, 6.45) is 3.01. The van der Waals surface area contributed by atoms with E-state index in [0.29, 0.717) is 13.1 Å². The van der Waals surface area contributed by atoms with Gasteiger partial charge in [0.25, 0.3) is 0 Å². The Kier molecular flexibility index (Phi) is 7.34.